The number of H-pyrrole nitrogens is 1. The van der Waals surface area contributed by atoms with Crippen LogP contribution in [0.25, 0.3) is 10.9 Å². The summed E-state index contributed by atoms with van der Waals surface area (Å²) in [5, 5.41) is 1.82. The Hall–Kier alpha value is -0.990. The predicted octanol–water partition coefficient (Wildman–Crippen LogP) is 2.32. The summed E-state index contributed by atoms with van der Waals surface area (Å²) in [5.41, 5.74) is 7.80. The Balaban J connectivity index is 2.48. The minimum atomic E-state index is 0.680. The average Bonchev–Trinajstić information content (AvgIpc) is 2.44. The fourth-order valence-electron chi connectivity index (χ4n) is 1.46. The van der Waals surface area contributed by atoms with Gasteiger partial charge >= 0.3 is 0 Å². The highest BCUT2D eigenvalue weighted by Crippen LogP contribution is 2.19. The van der Waals surface area contributed by atoms with Crippen molar-refractivity contribution < 1.29 is 0 Å². The topological polar surface area (TPSA) is 41.8 Å². The van der Waals surface area contributed by atoms with E-state index in [1.54, 1.807) is 0 Å². The number of aromatic amines is 1. The lowest BCUT2D eigenvalue weighted by atomic mass is 10.1. The molecule has 2 nitrogen and oxygen atoms in total. The molecule has 0 saturated carbocycles. The van der Waals surface area contributed by atoms with E-state index in [1.165, 1.54) is 5.56 Å². The third-order valence-corrected chi connectivity index (χ3v) is 2.29. The number of aromatic nitrogens is 1. The zero-order valence-corrected chi connectivity index (χ0v) is 7.93. The van der Waals surface area contributed by atoms with Crippen LogP contribution in [0.2, 0.25) is 5.15 Å². The van der Waals surface area contributed by atoms with Crippen molar-refractivity contribution in [3.8, 4) is 0 Å². The molecule has 2 aromatic rings. The van der Waals surface area contributed by atoms with E-state index in [2.05, 4.69) is 23.2 Å². The van der Waals surface area contributed by atoms with Gasteiger partial charge in [0.15, 0.2) is 0 Å². The van der Waals surface area contributed by atoms with Crippen molar-refractivity contribution in [2.45, 2.75) is 6.42 Å². The fraction of sp³-hybridized carbons (Fsp3) is 0.200. The highest BCUT2D eigenvalue weighted by Gasteiger charge is 1.99. The summed E-state index contributed by atoms with van der Waals surface area (Å²) in [5.74, 6) is 0. The fourth-order valence-corrected chi connectivity index (χ4v) is 1.68. The number of halogens is 1. The van der Waals surface area contributed by atoms with E-state index in [4.69, 9.17) is 17.3 Å². The van der Waals surface area contributed by atoms with Crippen LogP contribution in [0.3, 0.4) is 0 Å². The zero-order valence-electron chi connectivity index (χ0n) is 7.18. The second kappa shape index (κ2) is 3.40. The molecule has 0 amide bonds. The molecule has 0 fully saturated rings. The Kier molecular flexibility index (Phi) is 2.25. The van der Waals surface area contributed by atoms with Crippen LogP contribution in [-0.4, -0.2) is 11.5 Å². The first-order valence-electron chi connectivity index (χ1n) is 4.27. The number of hydrogen-bond acceptors (Lipinski definition) is 1. The maximum Gasteiger partial charge on any atom is 0.107 e. The van der Waals surface area contributed by atoms with Crippen LogP contribution in [-0.2, 0) is 6.42 Å². The van der Waals surface area contributed by atoms with Gasteiger partial charge in [-0.2, -0.15) is 0 Å². The first-order chi connectivity index (χ1) is 6.29. The third-order valence-electron chi connectivity index (χ3n) is 2.09. The van der Waals surface area contributed by atoms with Gasteiger partial charge in [-0.15, -0.1) is 0 Å². The van der Waals surface area contributed by atoms with Gasteiger partial charge in [-0.05, 0) is 30.7 Å². The Labute approximate surface area is 81.7 Å². The smallest absolute Gasteiger partial charge is 0.107 e. The molecular weight excluding hydrogens is 184 g/mol. The highest BCUT2D eigenvalue weighted by molar-refractivity contribution is 6.30. The maximum absolute atomic E-state index is 5.83. The van der Waals surface area contributed by atoms with E-state index < -0.39 is 0 Å². The molecular formula is C10H11ClN2. The van der Waals surface area contributed by atoms with Crippen LogP contribution in [0.4, 0.5) is 0 Å². The van der Waals surface area contributed by atoms with Crippen molar-refractivity contribution >= 4 is 22.5 Å². The normalized spacial score (nSPS) is 10.9. The molecule has 0 bridgehead atoms. The zero-order chi connectivity index (χ0) is 9.26. The van der Waals surface area contributed by atoms with Gasteiger partial charge in [0.2, 0.25) is 0 Å². The molecule has 3 heteroatoms. The summed E-state index contributed by atoms with van der Waals surface area (Å²) in [4.78, 5) is 3.08. The van der Waals surface area contributed by atoms with Crippen LogP contribution < -0.4 is 5.73 Å². The molecule has 0 aliphatic heterocycles. The van der Waals surface area contributed by atoms with Crippen LogP contribution in [0.1, 0.15) is 5.56 Å². The van der Waals surface area contributed by atoms with E-state index in [-0.39, 0.29) is 0 Å². The Bertz CT molecular complexity index is 420. The van der Waals surface area contributed by atoms with Crippen molar-refractivity contribution in [2.24, 2.45) is 5.73 Å². The molecule has 2 rings (SSSR count). The number of benzene rings is 1. The van der Waals surface area contributed by atoms with Crippen LogP contribution in [0, 0.1) is 0 Å². The SMILES string of the molecule is NCCc1ccc2cc(Cl)[nH]c2c1. The van der Waals surface area contributed by atoms with E-state index >= 15 is 0 Å². The minimum Gasteiger partial charge on any atom is -0.346 e. The molecule has 68 valence electrons. The molecule has 0 aliphatic rings. The first-order valence-corrected chi connectivity index (χ1v) is 4.64. The summed E-state index contributed by atoms with van der Waals surface area (Å²) in [7, 11) is 0. The molecule has 3 N–H and O–H groups in total. The predicted molar refractivity (Wildman–Crippen MR) is 56.1 cm³/mol. The molecule has 13 heavy (non-hydrogen) atoms. The summed E-state index contributed by atoms with van der Waals surface area (Å²) in [6.07, 6.45) is 0.909. The lowest BCUT2D eigenvalue weighted by Crippen LogP contribution is -2.02. The lowest BCUT2D eigenvalue weighted by Gasteiger charge is -1.97. The summed E-state index contributed by atoms with van der Waals surface area (Å²) < 4.78 is 0. The van der Waals surface area contributed by atoms with Gasteiger partial charge in [0, 0.05) is 10.9 Å². The van der Waals surface area contributed by atoms with Gasteiger partial charge in [0.1, 0.15) is 5.15 Å². The van der Waals surface area contributed by atoms with E-state index in [0.29, 0.717) is 11.7 Å². The number of nitrogens with two attached hydrogens (primary N) is 1. The molecule has 0 radical (unpaired) electrons. The minimum absolute atomic E-state index is 0.680. The van der Waals surface area contributed by atoms with E-state index in [9.17, 15) is 0 Å². The van der Waals surface area contributed by atoms with Crippen LogP contribution >= 0.6 is 11.6 Å². The molecule has 0 saturated heterocycles. The summed E-state index contributed by atoms with van der Waals surface area (Å²) in [6.45, 7) is 0.681. The van der Waals surface area contributed by atoms with Gasteiger partial charge in [-0.25, -0.2) is 0 Å². The molecule has 1 aromatic carbocycles. The van der Waals surface area contributed by atoms with E-state index in [1.807, 2.05) is 6.07 Å². The third kappa shape index (κ3) is 1.69. The molecule has 0 atom stereocenters. The second-order valence-electron chi connectivity index (χ2n) is 3.08. The lowest BCUT2D eigenvalue weighted by molar-refractivity contribution is 0.970. The second-order valence-corrected chi connectivity index (χ2v) is 3.48. The van der Waals surface area contributed by atoms with Gasteiger partial charge in [-0.1, -0.05) is 23.7 Å². The number of nitrogens with one attached hydrogen (secondary N) is 1. The number of hydrogen-bond donors (Lipinski definition) is 2. The van der Waals surface area contributed by atoms with Crippen molar-refractivity contribution in [1.82, 2.24) is 4.98 Å². The number of rotatable bonds is 2. The van der Waals surface area contributed by atoms with Gasteiger partial charge in [0.25, 0.3) is 0 Å². The van der Waals surface area contributed by atoms with Crippen LogP contribution in [0.15, 0.2) is 24.3 Å². The Morgan fingerprint density at radius 3 is 2.92 bits per heavy atom. The molecule has 0 spiro atoms. The van der Waals surface area contributed by atoms with Crippen LogP contribution in [0.5, 0.6) is 0 Å². The standard InChI is InChI=1S/C10H11ClN2/c11-10-6-8-2-1-7(3-4-12)5-9(8)13-10/h1-2,5-6,13H,3-4,12H2. The Morgan fingerprint density at radius 2 is 2.15 bits per heavy atom. The average molecular weight is 195 g/mol. The quantitative estimate of drug-likeness (QED) is 0.757. The summed E-state index contributed by atoms with van der Waals surface area (Å²) >= 11 is 5.83. The monoisotopic (exact) mass is 194 g/mol. The first kappa shape index (κ1) is 8.60. The van der Waals surface area contributed by atoms with E-state index in [0.717, 1.165) is 17.3 Å². The summed E-state index contributed by atoms with van der Waals surface area (Å²) in [6, 6.07) is 8.15. The highest BCUT2D eigenvalue weighted by atomic mass is 35.5. The molecule has 0 unspecified atom stereocenters. The maximum atomic E-state index is 5.83. The molecule has 1 heterocycles. The van der Waals surface area contributed by atoms with Gasteiger partial charge in [-0.3, -0.25) is 0 Å². The Morgan fingerprint density at radius 1 is 1.31 bits per heavy atom. The van der Waals surface area contributed by atoms with Crippen molar-refractivity contribution in [2.75, 3.05) is 6.54 Å². The van der Waals surface area contributed by atoms with Gasteiger partial charge < -0.3 is 10.7 Å². The van der Waals surface area contributed by atoms with Gasteiger partial charge in [0.05, 0.1) is 0 Å². The largest absolute Gasteiger partial charge is 0.346 e. The number of fused-ring (bicyclic) bond motifs is 1. The van der Waals surface area contributed by atoms with Crippen molar-refractivity contribution in [3.05, 3.63) is 35.0 Å². The molecule has 0 aliphatic carbocycles. The van der Waals surface area contributed by atoms with Crippen molar-refractivity contribution in [1.29, 1.82) is 0 Å². The van der Waals surface area contributed by atoms with Crippen molar-refractivity contribution in [3.63, 3.8) is 0 Å². The molecule has 1 aromatic heterocycles.